The molecule has 5 rings (SSSR count). The van der Waals surface area contributed by atoms with Crippen molar-refractivity contribution in [1.82, 2.24) is 9.78 Å². The minimum atomic E-state index is -0.484. The molecule has 0 radical (unpaired) electrons. The maximum atomic E-state index is 13.0. The fourth-order valence-corrected chi connectivity index (χ4v) is 3.95. The highest BCUT2D eigenvalue weighted by atomic mass is 16.6. The molecule has 3 aromatic carbocycles. The van der Waals surface area contributed by atoms with E-state index in [0.717, 1.165) is 17.7 Å². The van der Waals surface area contributed by atoms with E-state index in [9.17, 15) is 10.1 Å². The Morgan fingerprint density at radius 2 is 1.81 bits per heavy atom. The lowest BCUT2D eigenvalue weighted by atomic mass is 10.0. The third-order valence-electron chi connectivity index (χ3n) is 5.86. The van der Waals surface area contributed by atoms with Crippen LogP contribution in [0.25, 0.3) is 23.0 Å². The SMILES string of the molecule is CCc1ccc(NC(=O)C(C#N)=Cc2cn(-c3ccccc3)nc2-c2ccc3c(c2)OCCO3)cc1. The van der Waals surface area contributed by atoms with Gasteiger partial charge in [-0.05, 0) is 60.5 Å². The number of benzene rings is 3. The van der Waals surface area contributed by atoms with Crippen LogP contribution >= 0.6 is 0 Å². The second kappa shape index (κ2) is 10.2. The van der Waals surface area contributed by atoms with Gasteiger partial charge in [-0.25, -0.2) is 4.68 Å². The quantitative estimate of drug-likeness (QED) is 0.297. The van der Waals surface area contributed by atoms with Crippen LogP contribution in [0.5, 0.6) is 11.5 Å². The van der Waals surface area contributed by atoms with E-state index < -0.39 is 5.91 Å². The molecule has 1 aromatic heterocycles. The van der Waals surface area contributed by atoms with Gasteiger partial charge >= 0.3 is 0 Å². The van der Waals surface area contributed by atoms with Crippen molar-refractivity contribution < 1.29 is 14.3 Å². The molecule has 1 amide bonds. The van der Waals surface area contributed by atoms with E-state index >= 15 is 0 Å². The van der Waals surface area contributed by atoms with Gasteiger partial charge in [-0.3, -0.25) is 4.79 Å². The standard InChI is InChI=1S/C29H24N4O3/c1-2-20-8-11-24(12-9-20)31-29(34)22(18-30)16-23-19-33(25-6-4-3-5-7-25)32-28(23)21-10-13-26-27(17-21)36-15-14-35-26/h3-13,16-17,19H,2,14-15H2,1H3,(H,31,34). The van der Waals surface area contributed by atoms with Gasteiger partial charge in [0, 0.05) is 23.0 Å². The van der Waals surface area contributed by atoms with Crippen molar-refractivity contribution >= 4 is 17.7 Å². The average Bonchev–Trinajstić information content (AvgIpc) is 3.36. The van der Waals surface area contributed by atoms with Crippen molar-refractivity contribution in [2.75, 3.05) is 18.5 Å². The van der Waals surface area contributed by atoms with E-state index in [0.29, 0.717) is 41.7 Å². The lowest BCUT2D eigenvalue weighted by Gasteiger charge is -2.18. The Morgan fingerprint density at radius 3 is 2.53 bits per heavy atom. The van der Waals surface area contributed by atoms with Crippen LogP contribution in [0.2, 0.25) is 0 Å². The first kappa shape index (κ1) is 22.9. The highest BCUT2D eigenvalue weighted by Gasteiger charge is 2.18. The predicted molar refractivity (Wildman–Crippen MR) is 138 cm³/mol. The van der Waals surface area contributed by atoms with E-state index in [-0.39, 0.29) is 5.57 Å². The molecule has 0 fully saturated rings. The molecule has 0 saturated carbocycles. The van der Waals surface area contributed by atoms with Crippen molar-refractivity contribution in [1.29, 1.82) is 5.26 Å². The Morgan fingerprint density at radius 1 is 1.06 bits per heavy atom. The van der Waals surface area contributed by atoms with Crippen LogP contribution in [-0.2, 0) is 11.2 Å². The minimum absolute atomic E-state index is 0.0269. The fourth-order valence-electron chi connectivity index (χ4n) is 3.95. The number of carbonyl (C=O) groups is 1. The number of amides is 1. The van der Waals surface area contributed by atoms with E-state index in [1.807, 2.05) is 85.1 Å². The number of rotatable bonds is 6. The molecule has 0 atom stereocenters. The van der Waals surface area contributed by atoms with Crippen LogP contribution in [0.3, 0.4) is 0 Å². The summed E-state index contributed by atoms with van der Waals surface area (Å²) in [5.41, 5.74) is 4.66. The molecule has 2 heterocycles. The van der Waals surface area contributed by atoms with E-state index in [1.165, 1.54) is 5.56 Å². The zero-order chi connectivity index (χ0) is 24.9. The van der Waals surface area contributed by atoms with Crippen molar-refractivity contribution in [3.05, 3.63) is 95.7 Å². The van der Waals surface area contributed by atoms with E-state index in [2.05, 4.69) is 12.2 Å². The van der Waals surface area contributed by atoms with Gasteiger partial charge in [-0.15, -0.1) is 0 Å². The van der Waals surface area contributed by atoms with Gasteiger partial charge in [0.25, 0.3) is 5.91 Å². The summed E-state index contributed by atoms with van der Waals surface area (Å²) in [6.07, 6.45) is 4.28. The second-order valence-corrected chi connectivity index (χ2v) is 8.25. The first-order chi connectivity index (χ1) is 17.6. The summed E-state index contributed by atoms with van der Waals surface area (Å²) in [6, 6.07) is 24.9. The summed E-state index contributed by atoms with van der Waals surface area (Å²) in [5, 5.41) is 17.4. The van der Waals surface area contributed by atoms with Crippen LogP contribution in [0, 0.1) is 11.3 Å². The number of para-hydroxylation sites is 1. The molecule has 0 aliphatic carbocycles. The van der Waals surface area contributed by atoms with Gasteiger partial charge in [0.2, 0.25) is 0 Å². The Kier molecular flexibility index (Phi) is 6.50. The Bertz CT molecular complexity index is 1460. The van der Waals surface area contributed by atoms with E-state index in [1.54, 1.807) is 10.8 Å². The van der Waals surface area contributed by atoms with Gasteiger partial charge in [-0.2, -0.15) is 10.4 Å². The molecule has 0 bridgehead atoms. The lowest BCUT2D eigenvalue weighted by Crippen LogP contribution is -2.15. The van der Waals surface area contributed by atoms with Crippen molar-refractivity contribution in [3.8, 4) is 34.5 Å². The van der Waals surface area contributed by atoms with Gasteiger partial charge in [-0.1, -0.05) is 37.3 Å². The number of hydrogen-bond acceptors (Lipinski definition) is 5. The van der Waals surface area contributed by atoms with Crippen molar-refractivity contribution in [2.45, 2.75) is 13.3 Å². The summed E-state index contributed by atoms with van der Waals surface area (Å²) >= 11 is 0. The Balaban J connectivity index is 1.53. The number of ether oxygens (including phenoxy) is 2. The van der Waals surface area contributed by atoms with Crippen LogP contribution in [0.1, 0.15) is 18.1 Å². The number of nitrogens with one attached hydrogen (secondary N) is 1. The van der Waals surface area contributed by atoms with Crippen molar-refractivity contribution in [3.63, 3.8) is 0 Å². The van der Waals surface area contributed by atoms with Crippen molar-refractivity contribution in [2.24, 2.45) is 0 Å². The van der Waals surface area contributed by atoms with Crippen LogP contribution in [0.4, 0.5) is 5.69 Å². The number of hydrogen-bond donors (Lipinski definition) is 1. The second-order valence-electron chi connectivity index (χ2n) is 8.25. The number of carbonyl (C=O) groups excluding carboxylic acids is 1. The number of aromatic nitrogens is 2. The molecule has 1 aliphatic rings. The van der Waals surface area contributed by atoms with Crippen LogP contribution in [-0.4, -0.2) is 28.9 Å². The normalized spacial score (nSPS) is 12.6. The largest absolute Gasteiger partial charge is 0.486 e. The zero-order valence-electron chi connectivity index (χ0n) is 19.8. The Hall–Kier alpha value is -4.83. The smallest absolute Gasteiger partial charge is 0.266 e. The molecule has 7 nitrogen and oxygen atoms in total. The molecule has 1 aliphatic heterocycles. The monoisotopic (exact) mass is 476 g/mol. The number of aryl methyl sites for hydroxylation is 1. The zero-order valence-corrected chi connectivity index (χ0v) is 19.8. The predicted octanol–water partition coefficient (Wildman–Crippen LogP) is 5.42. The van der Waals surface area contributed by atoms with Gasteiger partial charge in [0.1, 0.15) is 30.6 Å². The molecule has 7 heteroatoms. The number of fused-ring (bicyclic) bond motifs is 1. The number of anilines is 1. The first-order valence-corrected chi connectivity index (χ1v) is 11.7. The lowest BCUT2D eigenvalue weighted by molar-refractivity contribution is -0.112. The highest BCUT2D eigenvalue weighted by Crippen LogP contribution is 2.36. The molecule has 4 aromatic rings. The summed E-state index contributed by atoms with van der Waals surface area (Å²) in [6.45, 7) is 3.05. The summed E-state index contributed by atoms with van der Waals surface area (Å²) in [4.78, 5) is 13.0. The average molecular weight is 477 g/mol. The molecule has 178 valence electrons. The third-order valence-corrected chi connectivity index (χ3v) is 5.86. The highest BCUT2D eigenvalue weighted by molar-refractivity contribution is 6.10. The fraction of sp³-hybridized carbons (Fsp3) is 0.138. The van der Waals surface area contributed by atoms with Crippen LogP contribution < -0.4 is 14.8 Å². The summed E-state index contributed by atoms with van der Waals surface area (Å²) in [7, 11) is 0. The minimum Gasteiger partial charge on any atom is -0.486 e. The summed E-state index contributed by atoms with van der Waals surface area (Å²) < 4.78 is 13.1. The van der Waals surface area contributed by atoms with Gasteiger partial charge in [0.15, 0.2) is 11.5 Å². The van der Waals surface area contributed by atoms with Gasteiger partial charge in [0.05, 0.1) is 5.69 Å². The maximum Gasteiger partial charge on any atom is 0.266 e. The Labute approximate surface area is 209 Å². The maximum absolute atomic E-state index is 13.0. The molecule has 36 heavy (non-hydrogen) atoms. The number of nitriles is 1. The first-order valence-electron chi connectivity index (χ1n) is 11.7. The molecule has 0 unspecified atom stereocenters. The topological polar surface area (TPSA) is 89.2 Å². The summed E-state index contributed by atoms with van der Waals surface area (Å²) in [5.74, 6) is 0.829. The van der Waals surface area contributed by atoms with Gasteiger partial charge < -0.3 is 14.8 Å². The molecule has 1 N–H and O–H groups in total. The molecule has 0 spiro atoms. The molecular formula is C29H24N4O3. The number of nitrogens with zero attached hydrogens (tertiary/aromatic N) is 3. The molecular weight excluding hydrogens is 452 g/mol. The van der Waals surface area contributed by atoms with Crippen LogP contribution in [0.15, 0.2) is 84.6 Å². The third kappa shape index (κ3) is 4.84. The van der Waals surface area contributed by atoms with E-state index in [4.69, 9.17) is 14.6 Å². The molecule has 0 saturated heterocycles.